The molecule has 0 atom stereocenters. The molecule has 1 aliphatic rings. The molecule has 23 heavy (non-hydrogen) atoms. The molecule has 2 heterocycles. The van der Waals surface area contributed by atoms with E-state index in [1.165, 1.54) is 6.26 Å². The Balaban J connectivity index is 1.95. The van der Waals surface area contributed by atoms with E-state index >= 15 is 0 Å². The first-order valence-corrected chi connectivity index (χ1v) is 7.28. The van der Waals surface area contributed by atoms with Crippen molar-refractivity contribution in [3.8, 4) is 5.75 Å². The molecule has 0 radical (unpaired) electrons. The van der Waals surface area contributed by atoms with Crippen LogP contribution in [0.25, 0.3) is 0 Å². The van der Waals surface area contributed by atoms with Crippen molar-refractivity contribution < 1.29 is 23.8 Å². The van der Waals surface area contributed by atoms with Crippen LogP contribution >= 0.6 is 0 Å². The lowest BCUT2D eigenvalue weighted by atomic mass is 10.1. The molecule has 120 valence electrons. The fourth-order valence-corrected chi connectivity index (χ4v) is 2.90. The summed E-state index contributed by atoms with van der Waals surface area (Å²) in [6.45, 7) is 2.30. The average molecular weight is 315 g/mol. The van der Waals surface area contributed by atoms with Gasteiger partial charge in [0.15, 0.2) is 0 Å². The Morgan fingerprint density at radius 3 is 2.87 bits per heavy atom. The predicted octanol–water partition coefficient (Wildman–Crippen LogP) is 2.43. The number of rotatable bonds is 4. The summed E-state index contributed by atoms with van der Waals surface area (Å²) < 4.78 is 10.5. The molecule has 1 aliphatic heterocycles. The zero-order valence-electron chi connectivity index (χ0n) is 13.0. The molecule has 6 heteroatoms. The molecule has 0 unspecified atom stereocenters. The summed E-state index contributed by atoms with van der Waals surface area (Å²) in [5.74, 6) is -0.303. The van der Waals surface area contributed by atoms with Crippen LogP contribution in [-0.2, 0) is 17.6 Å². The summed E-state index contributed by atoms with van der Waals surface area (Å²) in [4.78, 5) is 25.5. The minimum atomic E-state index is -1.03. The first kappa shape index (κ1) is 15.1. The summed E-state index contributed by atoms with van der Waals surface area (Å²) in [5, 5.41) is 8.96. The van der Waals surface area contributed by atoms with Crippen LogP contribution in [0.2, 0.25) is 0 Å². The second-order valence-electron chi connectivity index (χ2n) is 5.49. The van der Waals surface area contributed by atoms with E-state index in [1.54, 1.807) is 18.9 Å². The number of aryl methyl sites for hydroxylation is 1. The fraction of sp³-hybridized carbons (Fsp3) is 0.294. The molecular weight excluding hydrogens is 298 g/mol. The molecule has 1 amide bonds. The maximum atomic E-state index is 12.9. The van der Waals surface area contributed by atoms with Crippen LogP contribution < -0.4 is 9.64 Å². The Kier molecular flexibility index (Phi) is 3.82. The number of amides is 1. The Labute approximate surface area is 133 Å². The number of nitrogens with zero attached hydrogens (tertiary/aromatic N) is 1. The van der Waals surface area contributed by atoms with Gasteiger partial charge >= 0.3 is 5.97 Å². The largest absolute Gasteiger partial charge is 0.497 e. The molecular formula is C17H17NO5. The lowest BCUT2D eigenvalue weighted by Crippen LogP contribution is -2.30. The standard InChI is InChI=1S/C17H17NO5/c1-10-9-23-14(8-15(19)20)16(10)17(21)18-6-5-11-7-12(22-2)3-4-13(11)18/h3-4,7,9H,5-6,8H2,1-2H3,(H,19,20). The lowest BCUT2D eigenvalue weighted by molar-refractivity contribution is -0.136. The molecule has 0 aliphatic carbocycles. The highest BCUT2D eigenvalue weighted by atomic mass is 16.5. The molecule has 0 fully saturated rings. The number of carbonyl (C=O) groups excluding carboxylic acids is 1. The quantitative estimate of drug-likeness (QED) is 0.937. The molecule has 2 aromatic rings. The van der Waals surface area contributed by atoms with Gasteiger partial charge in [0.25, 0.3) is 5.91 Å². The Morgan fingerprint density at radius 1 is 1.39 bits per heavy atom. The number of fused-ring (bicyclic) bond motifs is 1. The fourth-order valence-electron chi connectivity index (χ4n) is 2.90. The predicted molar refractivity (Wildman–Crippen MR) is 83.2 cm³/mol. The SMILES string of the molecule is COc1ccc2c(c1)CCN2C(=O)c1c(C)coc1CC(=O)O. The van der Waals surface area contributed by atoms with Gasteiger partial charge in [-0.1, -0.05) is 0 Å². The number of carboxylic acids is 1. The molecule has 6 nitrogen and oxygen atoms in total. The molecule has 0 bridgehead atoms. The van der Waals surface area contributed by atoms with Crippen LogP contribution in [0.1, 0.15) is 27.2 Å². The number of carboxylic acid groups (broad SMARTS) is 1. The highest BCUT2D eigenvalue weighted by molar-refractivity contribution is 6.09. The van der Waals surface area contributed by atoms with Crippen molar-refractivity contribution in [2.75, 3.05) is 18.6 Å². The van der Waals surface area contributed by atoms with Crippen molar-refractivity contribution in [2.24, 2.45) is 0 Å². The average Bonchev–Trinajstić information content (AvgIpc) is 3.09. The molecule has 0 spiro atoms. The van der Waals surface area contributed by atoms with Crippen LogP contribution in [0.4, 0.5) is 5.69 Å². The monoisotopic (exact) mass is 315 g/mol. The molecule has 0 saturated heterocycles. The normalized spacial score (nSPS) is 13.0. The van der Waals surface area contributed by atoms with E-state index in [9.17, 15) is 9.59 Å². The van der Waals surface area contributed by atoms with E-state index in [4.69, 9.17) is 14.3 Å². The number of methoxy groups -OCH3 is 1. The third kappa shape index (κ3) is 2.67. The first-order valence-electron chi connectivity index (χ1n) is 7.28. The Hall–Kier alpha value is -2.76. The van der Waals surface area contributed by atoms with Crippen LogP contribution in [-0.4, -0.2) is 30.6 Å². The zero-order valence-corrected chi connectivity index (χ0v) is 13.0. The number of hydrogen-bond acceptors (Lipinski definition) is 4. The van der Waals surface area contributed by atoms with Crippen molar-refractivity contribution in [1.29, 1.82) is 0 Å². The van der Waals surface area contributed by atoms with Crippen molar-refractivity contribution in [3.05, 3.63) is 46.9 Å². The number of furan rings is 1. The summed E-state index contributed by atoms with van der Waals surface area (Å²) in [7, 11) is 1.60. The summed E-state index contributed by atoms with van der Waals surface area (Å²) in [6, 6.07) is 5.58. The summed E-state index contributed by atoms with van der Waals surface area (Å²) in [5.41, 5.74) is 2.86. The molecule has 0 saturated carbocycles. The second kappa shape index (κ2) is 5.79. The van der Waals surface area contributed by atoms with Gasteiger partial charge in [-0.25, -0.2) is 0 Å². The van der Waals surface area contributed by atoms with Gasteiger partial charge in [-0.2, -0.15) is 0 Å². The van der Waals surface area contributed by atoms with Crippen molar-refractivity contribution in [2.45, 2.75) is 19.8 Å². The van der Waals surface area contributed by atoms with Crippen LogP contribution in [0, 0.1) is 6.92 Å². The maximum absolute atomic E-state index is 12.9. The highest BCUT2D eigenvalue weighted by Crippen LogP contribution is 2.33. The minimum absolute atomic E-state index is 0.196. The van der Waals surface area contributed by atoms with Crippen molar-refractivity contribution >= 4 is 17.6 Å². The van der Waals surface area contributed by atoms with Gasteiger partial charge in [0, 0.05) is 17.8 Å². The van der Waals surface area contributed by atoms with Gasteiger partial charge in [0.1, 0.15) is 17.9 Å². The zero-order chi connectivity index (χ0) is 16.6. The lowest BCUT2D eigenvalue weighted by Gasteiger charge is -2.18. The smallest absolute Gasteiger partial charge is 0.311 e. The van der Waals surface area contributed by atoms with Gasteiger partial charge in [-0.15, -0.1) is 0 Å². The van der Waals surface area contributed by atoms with E-state index in [0.29, 0.717) is 17.7 Å². The van der Waals surface area contributed by atoms with Crippen LogP contribution in [0.15, 0.2) is 28.9 Å². The summed E-state index contributed by atoms with van der Waals surface area (Å²) in [6.07, 6.45) is 1.86. The number of hydrogen-bond donors (Lipinski definition) is 1. The van der Waals surface area contributed by atoms with E-state index in [1.807, 2.05) is 18.2 Å². The Bertz CT molecular complexity index is 777. The molecule has 1 aromatic heterocycles. The van der Waals surface area contributed by atoms with E-state index in [-0.39, 0.29) is 18.1 Å². The van der Waals surface area contributed by atoms with Gasteiger partial charge in [0.2, 0.25) is 0 Å². The first-order chi connectivity index (χ1) is 11.0. The van der Waals surface area contributed by atoms with E-state index in [2.05, 4.69) is 0 Å². The van der Waals surface area contributed by atoms with Crippen molar-refractivity contribution in [3.63, 3.8) is 0 Å². The van der Waals surface area contributed by atoms with Gasteiger partial charge in [0.05, 0.1) is 18.9 Å². The van der Waals surface area contributed by atoms with Crippen molar-refractivity contribution in [1.82, 2.24) is 0 Å². The van der Waals surface area contributed by atoms with Gasteiger partial charge in [-0.3, -0.25) is 9.59 Å². The topological polar surface area (TPSA) is 80.0 Å². The van der Waals surface area contributed by atoms with Crippen LogP contribution in [0.3, 0.4) is 0 Å². The molecule has 1 N–H and O–H groups in total. The van der Waals surface area contributed by atoms with Crippen LogP contribution in [0.5, 0.6) is 5.75 Å². The Morgan fingerprint density at radius 2 is 2.17 bits per heavy atom. The number of aliphatic carboxylic acids is 1. The van der Waals surface area contributed by atoms with Gasteiger partial charge < -0.3 is 19.2 Å². The highest BCUT2D eigenvalue weighted by Gasteiger charge is 2.30. The maximum Gasteiger partial charge on any atom is 0.311 e. The molecule has 1 aromatic carbocycles. The third-order valence-corrected chi connectivity index (χ3v) is 4.00. The second-order valence-corrected chi connectivity index (χ2v) is 5.49. The number of ether oxygens (including phenoxy) is 1. The van der Waals surface area contributed by atoms with E-state index in [0.717, 1.165) is 23.4 Å². The summed E-state index contributed by atoms with van der Waals surface area (Å²) >= 11 is 0. The number of anilines is 1. The molecule has 3 rings (SSSR count). The number of carbonyl (C=O) groups is 2. The third-order valence-electron chi connectivity index (χ3n) is 4.00. The van der Waals surface area contributed by atoms with Gasteiger partial charge in [-0.05, 0) is 37.1 Å². The number of benzene rings is 1. The van der Waals surface area contributed by atoms with E-state index < -0.39 is 5.97 Å². The minimum Gasteiger partial charge on any atom is -0.497 e.